The first kappa shape index (κ1) is 16.7. The molecule has 1 amide bonds. The lowest BCUT2D eigenvalue weighted by molar-refractivity contribution is 0.0919. The zero-order valence-electron chi connectivity index (χ0n) is 14.7. The molecule has 0 saturated carbocycles. The molecule has 128 valence electrons. The number of hydrogen-bond acceptors (Lipinski definition) is 3. The van der Waals surface area contributed by atoms with E-state index in [1.54, 1.807) is 6.20 Å². The van der Waals surface area contributed by atoms with Gasteiger partial charge in [-0.2, -0.15) is 0 Å². The third-order valence-corrected chi connectivity index (χ3v) is 4.94. The fourth-order valence-corrected chi connectivity index (χ4v) is 3.42. The van der Waals surface area contributed by atoms with Crippen molar-refractivity contribution in [3.63, 3.8) is 0 Å². The van der Waals surface area contributed by atoms with E-state index in [4.69, 9.17) is 0 Å². The zero-order chi connectivity index (χ0) is 17.1. The second-order valence-electron chi connectivity index (χ2n) is 6.66. The van der Waals surface area contributed by atoms with Crippen LogP contribution in [0.25, 0.3) is 0 Å². The second-order valence-corrected chi connectivity index (χ2v) is 6.66. The smallest absolute Gasteiger partial charge is 0.253 e. The Labute approximate surface area is 143 Å². The molecule has 2 atom stereocenters. The minimum atomic E-state index is 0.0240. The maximum absolute atomic E-state index is 12.7. The number of carbonyl (C=O) groups is 1. The van der Waals surface area contributed by atoms with Gasteiger partial charge in [-0.25, -0.2) is 0 Å². The lowest BCUT2D eigenvalue weighted by Gasteiger charge is -2.30. The summed E-state index contributed by atoms with van der Waals surface area (Å²) in [7, 11) is 0. The Balaban J connectivity index is 1.76. The standard InChI is InChI=1S/C19H26N4O/c1-13-11-17(19(24)22-18-8-6-10-20-14(18)2)15(3)23(13)12-16-7-4-5-9-21-16/h4-5,7,9,11,14,18,20H,6,8,10,12H2,1-3H3,(H,22,24). The minimum Gasteiger partial charge on any atom is -0.348 e. The van der Waals surface area contributed by atoms with Gasteiger partial charge in [0.05, 0.1) is 17.8 Å². The second kappa shape index (κ2) is 7.18. The normalized spacial score (nSPS) is 20.8. The van der Waals surface area contributed by atoms with Crippen LogP contribution >= 0.6 is 0 Å². The summed E-state index contributed by atoms with van der Waals surface area (Å²) in [5.74, 6) is 0.0240. The molecular formula is C19H26N4O. The van der Waals surface area contributed by atoms with E-state index in [1.807, 2.05) is 38.1 Å². The van der Waals surface area contributed by atoms with Crippen LogP contribution in [-0.4, -0.2) is 34.1 Å². The van der Waals surface area contributed by atoms with E-state index in [-0.39, 0.29) is 11.9 Å². The molecule has 1 aliphatic heterocycles. The maximum Gasteiger partial charge on any atom is 0.253 e. The van der Waals surface area contributed by atoms with Gasteiger partial charge in [0.2, 0.25) is 0 Å². The first-order chi connectivity index (χ1) is 11.6. The van der Waals surface area contributed by atoms with E-state index in [9.17, 15) is 4.79 Å². The molecule has 0 aliphatic carbocycles. The lowest BCUT2D eigenvalue weighted by atomic mass is 9.99. The summed E-state index contributed by atoms with van der Waals surface area (Å²) in [6, 6.07) is 8.41. The molecule has 2 aromatic rings. The first-order valence-electron chi connectivity index (χ1n) is 8.67. The maximum atomic E-state index is 12.7. The Morgan fingerprint density at radius 1 is 1.42 bits per heavy atom. The Morgan fingerprint density at radius 2 is 2.25 bits per heavy atom. The fourth-order valence-electron chi connectivity index (χ4n) is 3.42. The van der Waals surface area contributed by atoms with Crippen molar-refractivity contribution in [2.45, 2.75) is 52.2 Å². The molecule has 0 radical (unpaired) electrons. The van der Waals surface area contributed by atoms with Gasteiger partial charge in [0.25, 0.3) is 5.91 Å². The van der Waals surface area contributed by atoms with Crippen molar-refractivity contribution in [2.75, 3.05) is 6.54 Å². The molecular weight excluding hydrogens is 300 g/mol. The Bertz CT molecular complexity index is 708. The van der Waals surface area contributed by atoms with Gasteiger partial charge in [-0.3, -0.25) is 9.78 Å². The van der Waals surface area contributed by atoms with Crippen LogP contribution in [0.15, 0.2) is 30.5 Å². The number of rotatable bonds is 4. The van der Waals surface area contributed by atoms with Crippen molar-refractivity contribution < 1.29 is 4.79 Å². The molecule has 5 nitrogen and oxygen atoms in total. The van der Waals surface area contributed by atoms with Gasteiger partial charge in [-0.05, 0) is 58.4 Å². The first-order valence-corrected chi connectivity index (χ1v) is 8.67. The summed E-state index contributed by atoms with van der Waals surface area (Å²) in [5.41, 5.74) is 3.84. The predicted octanol–water partition coefficient (Wildman–Crippen LogP) is 2.42. The molecule has 1 aliphatic rings. The zero-order valence-corrected chi connectivity index (χ0v) is 14.7. The van der Waals surface area contributed by atoms with E-state index in [0.717, 1.165) is 42.0 Å². The molecule has 3 heterocycles. The molecule has 1 saturated heterocycles. The minimum absolute atomic E-state index is 0.0240. The van der Waals surface area contributed by atoms with E-state index in [1.165, 1.54) is 0 Å². The van der Waals surface area contributed by atoms with E-state index in [2.05, 4.69) is 27.1 Å². The molecule has 3 rings (SSSR count). The van der Waals surface area contributed by atoms with E-state index >= 15 is 0 Å². The number of aromatic nitrogens is 2. The van der Waals surface area contributed by atoms with Crippen LogP contribution in [0, 0.1) is 13.8 Å². The van der Waals surface area contributed by atoms with Crippen molar-refractivity contribution >= 4 is 5.91 Å². The summed E-state index contributed by atoms with van der Waals surface area (Å²) in [5, 5.41) is 6.62. The number of piperidine rings is 1. The number of carbonyl (C=O) groups excluding carboxylic acids is 1. The van der Waals surface area contributed by atoms with Crippen LogP contribution in [-0.2, 0) is 6.54 Å². The highest BCUT2D eigenvalue weighted by Crippen LogP contribution is 2.18. The number of hydrogen-bond donors (Lipinski definition) is 2. The number of aryl methyl sites for hydroxylation is 1. The lowest BCUT2D eigenvalue weighted by Crippen LogP contribution is -2.51. The average molecular weight is 326 g/mol. The van der Waals surface area contributed by atoms with Crippen LogP contribution in [0.5, 0.6) is 0 Å². The SMILES string of the molecule is Cc1cc(C(=O)NC2CCCNC2C)c(C)n1Cc1ccccn1. The van der Waals surface area contributed by atoms with Crippen molar-refractivity contribution in [1.29, 1.82) is 0 Å². The van der Waals surface area contributed by atoms with Gasteiger partial charge < -0.3 is 15.2 Å². The summed E-state index contributed by atoms with van der Waals surface area (Å²) >= 11 is 0. The van der Waals surface area contributed by atoms with E-state index < -0.39 is 0 Å². The summed E-state index contributed by atoms with van der Waals surface area (Å²) < 4.78 is 2.15. The molecule has 2 unspecified atom stereocenters. The van der Waals surface area contributed by atoms with Crippen molar-refractivity contribution in [2.24, 2.45) is 0 Å². The van der Waals surface area contributed by atoms with Gasteiger partial charge in [-0.15, -0.1) is 0 Å². The van der Waals surface area contributed by atoms with Crippen molar-refractivity contribution in [3.05, 3.63) is 53.1 Å². The molecule has 2 aromatic heterocycles. The van der Waals surface area contributed by atoms with Crippen molar-refractivity contribution in [1.82, 2.24) is 20.2 Å². The Kier molecular flexibility index (Phi) is 5.00. The molecule has 1 fully saturated rings. The highest BCUT2D eigenvalue weighted by atomic mass is 16.1. The largest absolute Gasteiger partial charge is 0.348 e. The van der Waals surface area contributed by atoms with Crippen LogP contribution in [0.2, 0.25) is 0 Å². The monoisotopic (exact) mass is 326 g/mol. The summed E-state index contributed by atoms with van der Waals surface area (Å²) in [6.45, 7) is 7.90. The third kappa shape index (κ3) is 3.51. The van der Waals surface area contributed by atoms with Crippen LogP contribution in [0.4, 0.5) is 0 Å². The third-order valence-electron chi connectivity index (χ3n) is 4.94. The van der Waals surface area contributed by atoms with E-state index in [0.29, 0.717) is 12.6 Å². The molecule has 2 N–H and O–H groups in total. The van der Waals surface area contributed by atoms with Gasteiger partial charge in [-0.1, -0.05) is 6.07 Å². The number of amides is 1. The summed E-state index contributed by atoms with van der Waals surface area (Å²) in [4.78, 5) is 17.1. The van der Waals surface area contributed by atoms with Crippen LogP contribution in [0.3, 0.4) is 0 Å². The highest BCUT2D eigenvalue weighted by Gasteiger charge is 2.24. The average Bonchev–Trinajstić information content (AvgIpc) is 2.86. The highest BCUT2D eigenvalue weighted by molar-refractivity contribution is 5.96. The number of nitrogens with zero attached hydrogens (tertiary/aromatic N) is 2. The van der Waals surface area contributed by atoms with Crippen molar-refractivity contribution in [3.8, 4) is 0 Å². The Hall–Kier alpha value is -2.14. The Morgan fingerprint density at radius 3 is 2.96 bits per heavy atom. The fraction of sp³-hybridized carbons (Fsp3) is 0.474. The van der Waals surface area contributed by atoms with Crippen LogP contribution < -0.4 is 10.6 Å². The number of nitrogens with one attached hydrogen (secondary N) is 2. The molecule has 5 heteroatoms. The van der Waals surface area contributed by atoms with Gasteiger partial charge in [0.15, 0.2) is 0 Å². The topological polar surface area (TPSA) is 59.0 Å². The van der Waals surface area contributed by atoms with Gasteiger partial charge in [0, 0.05) is 29.7 Å². The molecule has 0 spiro atoms. The van der Waals surface area contributed by atoms with Gasteiger partial charge in [0.1, 0.15) is 0 Å². The van der Waals surface area contributed by atoms with Gasteiger partial charge >= 0.3 is 0 Å². The molecule has 0 bridgehead atoms. The summed E-state index contributed by atoms with van der Waals surface area (Å²) in [6.07, 6.45) is 3.94. The predicted molar refractivity (Wildman–Crippen MR) is 95.2 cm³/mol. The van der Waals surface area contributed by atoms with Crippen LogP contribution in [0.1, 0.15) is 47.2 Å². The molecule has 0 aromatic carbocycles. The number of pyridine rings is 1. The quantitative estimate of drug-likeness (QED) is 0.907. The molecule has 24 heavy (non-hydrogen) atoms.